The van der Waals surface area contributed by atoms with Crippen molar-refractivity contribution in [1.29, 1.82) is 0 Å². The molecule has 8 heteroatoms. The maximum atomic E-state index is 12.3. The van der Waals surface area contributed by atoms with Crippen LogP contribution in [-0.2, 0) is 13.8 Å². The Bertz CT molecular complexity index is 833. The van der Waals surface area contributed by atoms with E-state index in [1.807, 2.05) is 35.2 Å². The highest BCUT2D eigenvalue weighted by Crippen LogP contribution is 2.34. The number of amides is 1. The van der Waals surface area contributed by atoms with E-state index in [2.05, 4.69) is 0 Å². The average Bonchev–Trinajstić information content (AvgIpc) is 3.15. The smallest absolute Gasteiger partial charge is 0.237 e. The lowest BCUT2D eigenvalue weighted by atomic mass is 10.2. The third-order valence-corrected chi connectivity index (χ3v) is 5.71. The fraction of sp³-hybridized carbons (Fsp3) is 0.267. The van der Waals surface area contributed by atoms with Crippen LogP contribution in [0.5, 0.6) is 5.75 Å². The molecule has 1 aliphatic heterocycles. The summed E-state index contributed by atoms with van der Waals surface area (Å²) >= 11 is 0. The number of hydrogen-bond acceptors (Lipinski definition) is 4. The Morgan fingerprint density at radius 1 is 1.22 bits per heavy atom. The number of aromatic nitrogens is 1. The van der Waals surface area contributed by atoms with Gasteiger partial charge in [-0.3, -0.25) is 4.79 Å². The van der Waals surface area contributed by atoms with E-state index in [4.69, 9.17) is 15.4 Å². The molecular formula is C15H15ClN2O4S. The number of halogens is 1. The highest BCUT2D eigenvalue weighted by Gasteiger charge is 2.39. The molecule has 0 radical (unpaired) electrons. The van der Waals surface area contributed by atoms with Gasteiger partial charge >= 0.3 is 0 Å². The van der Waals surface area contributed by atoms with Crippen molar-refractivity contribution in [2.45, 2.75) is 11.7 Å². The van der Waals surface area contributed by atoms with Crippen LogP contribution in [0.25, 0.3) is 5.69 Å². The Morgan fingerprint density at radius 2 is 1.91 bits per heavy atom. The predicted octanol–water partition coefficient (Wildman–Crippen LogP) is 2.16. The van der Waals surface area contributed by atoms with E-state index < -0.39 is 14.3 Å². The maximum absolute atomic E-state index is 12.3. The second-order valence-corrected chi connectivity index (χ2v) is 8.16. The topological polar surface area (TPSA) is 68.6 Å². The molecule has 2 aromatic rings. The molecule has 2 heterocycles. The Labute approximate surface area is 138 Å². The van der Waals surface area contributed by atoms with Gasteiger partial charge in [0, 0.05) is 42.1 Å². The molecule has 0 saturated carbocycles. The summed E-state index contributed by atoms with van der Waals surface area (Å²) in [4.78, 5) is 13.8. The van der Waals surface area contributed by atoms with Crippen LogP contribution in [0.4, 0.5) is 5.69 Å². The number of rotatable bonds is 4. The second kappa shape index (κ2) is 5.90. The van der Waals surface area contributed by atoms with Gasteiger partial charge in [0.15, 0.2) is 0 Å². The van der Waals surface area contributed by atoms with Crippen molar-refractivity contribution in [1.82, 2.24) is 4.57 Å². The van der Waals surface area contributed by atoms with Gasteiger partial charge in [0.1, 0.15) is 11.0 Å². The van der Waals surface area contributed by atoms with Crippen molar-refractivity contribution in [3.8, 4) is 11.4 Å². The fourth-order valence-electron chi connectivity index (χ4n) is 2.66. The molecule has 0 spiro atoms. The first kappa shape index (κ1) is 15.9. The highest BCUT2D eigenvalue weighted by molar-refractivity contribution is 8.14. The number of anilines is 1. The van der Waals surface area contributed by atoms with E-state index in [9.17, 15) is 13.2 Å². The lowest BCUT2D eigenvalue weighted by molar-refractivity contribution is -0.117. The molecule has 1 atom stereocenters. The number of carbonyl (C=O) groups excluding carboxylic acids is 1. The van der Waals surface area contributed by atoms with Crippen LogP contribution < -0.4 is 9.64 Å². The van der Waals surface area contributed by atoms with E-state index in [1.165, 1.54) is 12.0 Å². The Hall–Kier alpha value is -1.99. The zero-order valence-corrected chi connectivity index (χ0v) is 13.9. The molecular weight excluding hydrogens is 340 g/mol. The minimum atomic E-state index is -3.79. The molecule has 6 nitrogen and oxygen atoms in total. The summed E-state index contributed by atoms with van der Waals surface area (Å²) in [6, 6.07) is 9.06. The van der Waals surface area contributed by atoms with Gasteiger partial charge in [-0.25, -0.2) is 8.42 Å². The van der Waals surface area contributed by atoms with E-state index >= 15 is 0 Å². The molecule has 1 aromatic heterocycles. The fourth-order valence-corrected chi connectivity index (χ4v) is 3.68. The van der Waals surface area contributed by atoms with Crippen molar-refractivity contribution in [2.24, 2.45) is 0 Å². The zero-order chi connectivity index (χ0) is 16.6. The first-order valence-electron chi connectivity index (χ1n) is 6.95. The van der Waals surface area contributed by atoms with Crippen molar-refractivity contribution in [3.63, 3.8) is 0 Å². The molecule has 1 aliphatic rings. The van der Waals surface area contributed by atoms with Crippen LogP contribution in [0.2, 0.25) is 0 Å². The van der Waals surface area contributed by atoms with Gasteiger partial charge in [0.05, 0.1) is 18.5 Å². The van der Waals surface area contributed by atoms with Crippen molar-refractivity contribution < 1.29 is 17.9 Å². The highest BCUT2D eigenvalue weighted by atomic mass is 35.7. The van der Waals surface area contributed by atoms with Crippen LogP contribution in [0.3, 0.4) is 0 Å². The minimum Gasteiger partial charge on any atom is -0.497 e. The zero-order valence-electron chi connectivity index (χ0n) is 12.3. The molecule has 0 aliphatic carbocycles. The van der Waals surface area contributed by atoms with Gasteiger partial charge in [-0.1, -0.05) is 0 Å². The van der Waals surface area contributed by atoms with Crippen molar-refractivity contribution in [3.05, 3.63) is 42.7 Å². The summed E-state index contributed by atoms with van der Waals surface area (Å²) < 4.78 is 30.2. The number of ether oxygens (including phenoxy) is 1. The summed E-state index contributed by atoms with van der Waals surface area (Å²) in [7, 11) is 3.17. The molecule has 0 bridgehead atoms. The van der Waals surface area contributed by atoms with E-state index in [1.54, 1.807) is 12.1 Å². The molecule has 0 N–H and O–H groups in total. The van der Waals surface area contributed by atoms with E-state index in [-0.39, 0.29) is 18.9 Å². The number of benzene rings is 1. The number of carbonyl (C=O) groups is 1. The molecule has 23 heavy (non-hydrogen) atoms. The first-order valence-corrected chi connectivity index (χ1v) is 9.32. The van der Waals surface area contributed by atoms with Crippen LogP contribution in [0.15, 0.2) is 42.7 Å². The minimum absolute atomic E-state index is 0.0338. The predicted molar refractivity (Wildman–Crippen MR) is 87.9 cm³/mol. The van der Waals surface area contributed by atoms with Crippen LogP contribution >= 0.6 is 10.7 Å². The van der Waals surface area contributed by atoms with Crippen molar-refractivity contribution >= 4 is 31.3 Å². The van der Waals surface area contributed by atoms with Gasteiger partial charge in [-0.05, 0) is 24.3 Å². The molecule has 3 rings (SSSR count). The molecule has 1 amide bonds. The Kier molecular flexibility index (Phi) is 4.08. The van der Waals surface area contributed by atoms with Gasteiger partial charge in [-0.15, -0.1) is 0 Å². The summed E-state index contributed by atoms with van der Waals surface area (Å²) in [5, 5.41) is -0.902. The van der Waals surface area contributed by atoms with Crippen LogP contribution in [0.1, 0.15) is 6.42 Å². The van der Waals surface area contributed by atoms with Gasteiger partial charge < -0.3 is 14.2 Å². The molecule has 1 unspecified atom stereocenters. The van der Waals surface area contributed by atoms with Gasteiger partial charge in [0.25, 0.3) is 0 Å². The third kappa shape index (κ3) is 3.07. The summed E-state index contributed by atoms with van der Waals surface area (Å²) in [6.45, 7) is 0.0338. The van der Waals surface area contributed by atoms with Gasteiger partial charge in [-0.2, -0.15) is 0 Å². The normalized spacial score (nSPS) is 18.4. The lowest BCUT2D eigenvalue weighted by Gasteiger charge is -2.21. The Balaban J connectivity index is 2.06. The maximum Gasteiger partial charge on any atom is 0.237 e. The summed E-state index contributed by atoms with van der Waals surface area (Å²) in [5.41, 5.74) is 1.35. The second-order valence-electron chi connectivity index (χ2n) is 5.25. The number of methoxy groups -OCH3 is 1. The quantitative estimate of drug-likeness (QED) is 0.789. The number of nitrogens with zero attached hydrogens (tertiary/aromatic N) is 2. The molecule has 122 valence electrons. The first-order chi connectivity index (χ1) is 10.9. The molecule has 1 aromatic carbocycles. The van der Waals surface area contributed by atoms with E-state index in [0.29, 0.717) is 11.4 Å². The molecule has 1 saturated heterocycles. The largest absolute Gasteiger partial charge is 0.497 e. The molecule has 1 fully saturated rings. The summed E-state index contributed by atoms with van der Waals surface area (Å²) in [6.07, 6.45) is 3.58. The monoisotopic (exact) mass is 354 g/mol. The Morgan fingerprint density at radius 3 is 2.48 bits per heavy atom. The lowest BCUT2D eigenvalue weighted by Crippen LogP contribution is -2.27. The summed E-state index contributed by atoms with van der Waals surface area (Å²) in [5.74, 6) is 0.307. The van der Waals surface area contributed by atoms with Gasteiger partial charge in [0.2, 0.25) is 15.0 Å². The average molecular weight is 355 g/mol. The standard InChI is InChI=1S/C15H15ClN2O4S/c1-22-11-4-5-13(17-6-2-3-7-17)14(8-11)18-10-12(9-15(18)19)23(16,20)21/h2-8,12H,9-10H2,1H3. The SMILES string of the molecule is COc1ccc(-n2cccc2)c(N2CC(S(=O)(=O)Cl)CC2=O)c1. The number of hydrogen-bond donors (Lipinski definition) is 0. The van der Waals surface area contributed by atoms with Crippen LogP contribution in [0, 0.1) is 0 Å². The van der Waals surface area contributed by atoms with Crippen LogP contribution in [-0.4, -0.2) is 37.8 Å². The third-order valence-electron chi connectivity index (χ3n) is 3.84. The van der Waals surface area contributed by atoms with Crippen molar-refractivity contribution in [2.75, 3.05) is 18.6 Å². The van der Waals surface area contributed by atoms with E-state index in [0.717, 1.165) is 5.69 Å².